The molecule has 0 radical (unpaired) electrons. The van der Waals surface area contributed by atoms with Gasteiger partial charge in [0, 0.05) is 12.6 Å². The molecule has 0 fully saturated rings. The maximum Gasteiger partial charge on any atom is 0.179 e. The molecule has 1 aliphatic heterocycles. The molecule has 2 aromatic heterocycles. The molecule has 0 aliphatic carbocycles. The van der Waals surface area contributed by atoms with E-state index in [0.29, 0.717) is 35.7 Å². The fourth-order valence-corrected chi connectivity index (χ4v) is 5.38. The van der Waals surface area contributed by atoms with Crippen LogP contribution in [0.2, 0.25) is 0 Å². The van der Waals surface area contributed by atoms with Crippen LogP contribution in [0.25, 0.3) is 10.4 Å². The van der Waals surface area contributed by atoms with Crippen LogP contribution in [-0.2, 0) is 17.8 Å². The molecular weight excluding hydrogens is 451 g/mol. The predicted octanol–water partition coefficient (Wildman–Crippen LogP) is 5.97. The summed E-state index contributed by atoms with van der Waals surface area (Å²) >= 11 is 1.40. The molecule has 0 saturated heterocycles. The Balaban J connectivity index is 1.30. The van der Waals surface area contributed by atoms with Crippen molar-refractivity contribution in [2.24, 2.45) is 0 Å². The molecule has 0 bridgehead atoms. The fraction of sp³-hybridized carbons (Fsp3) is 0.222. The largest absolute Gasteiger partial charge is 0.486 e. The van der Waals surface area contributed by atoms with Crippen molar-refractivity contribution in [1.29, 1.82) is 0 Å². The third kappa shape index (κ3) is 4.43. The summed E-state index contributed by atoms with van der Waals surface area (Å²) < 4.78 is 22.2. The number of aromatic nitrogens is 2. The quantitative estimate of drug-likeness (QED) is 0.331. The van der Waals surface area contributed by atoms with Crippen molar-refractivity contribution < 1.29 is 18.7 Å². The zero-order valence-corrected chi connectivity index (χ0v) is 19.5. The standard InChI is InChI=1S/C27H23FN2O3S/c1-17-27(19-9-12-25(20(28)14-19)33-16-18-6-3-2-4-7-18)34-26(29-17)15-24(32)22-10-11-23(31)21-8-5-13-30(21)22/h2-9,12-14,22H,10-11,15-16H2,1H3. The van der Waals surface area contributed by atoms with Gasteiger partial charge in [0.05, 0.1) is 28.7 Å². The minimum absolute atomic E-state index is 0.0288. The van der Waals surface area contributed by atoms with Gasteiger partial charge in [0.2, 0.25) is 0 Å². The summed E-state index contributed by atoms with van der Waals surface area (Å²) in [6, 6.07) is 17.7. The van der Waals surface area contributed by atoms with E-state index in [0.717, 1.165) is 16.1 Å². The second-order valence-corrected chi connectivity index (χ2v) is 9.45. The first-order valence-corrected chi connectivity index (χ1v) is 12.0. The Morgan fingerprint density at radius 3 is 2.79 bits per heavy atom. The number of hydrogen-bond donors (Lipinski definition) is 0. The monoisotopic (exact) mass is 474 g/mol. The number of fused-ring (bicyclic) bond motifs is 1. The number of hydrogen-bond acceptors (Lipinski definition) is 5. The molecular formula is C27H23FN2O3S. The lowest BCUT2D eigenvalue weighted by atomic mass is 9.97. The minimum atomic E-state index is -0.439. The van der Waals surface area contributed by atoms with Crippen molar-refractivity contribution in [3.05, 3.63) is 94.6 Å². The van der Waals surface area contributed by atoms with E-state index in [2.05, 4.69) is 4.98 Å². The number of carbonyl (C=O) groups is 2. The summed E-state index contributed by atoms with van der Waals surface area (Å²) in [5.74, 6) is -0.147. The molecule has 0 spiro atoms. The lowest BCUT2D eigenvalue weighted by Crippen LogP contribution is -2.28. The minimum Gasteiger partial charge on any atom is -0.486 e. The first-order chi connectivity index (χ1) is 16.5. The first-order valence-electron chi connectivity index (χ1n) is 11.2. The summed E-state index contributed by atoms with van der Waals surface area (Å²) in [6.45, 7) is 2.15. The van der Waals surface area contributed by atoms with Crippen molar-refractivity contribution in [3.63, 3.8) is 0 Å². The second-order valence-electron chi connectivity index (χ2n) is 8.36. The van der Waals surface area contributed by atoms with Crippen molar-refractivity contribution in [3.8, 4) is 16.2 Å². The maximum atomic E-state index is 14.7. The van der Waals surface area contributed by atoms with Crippen LogP contribution in [-0.4, -0.2) is 21.1 Å². The molecule has 0 amide bonds. The zero-order valence-electron chi connectivity index (χ0n) is 18.7. The van der Waals surface area contributed by atoms with Gasteiger partial charge in [0.25, 0.3) is 0 Å². The summed E-state index contributed by atoms with van der Waals surface area (Å²) in [5, 5.41) is 0.688. The Morgan fingerprint density at radius 2 is 2.00 bits per heavy atom. The van der Waals surface area contributed by atoms with Crippen LogP contribution in [0.4, 0.5) is 4.39 Å². The van der Waals surface area contributed by atoms with Crippen LogP contribution in [0, 0.1) is 12.7 Å². The van der Waals surface area contributed by atoms with Crippen LogP contribution in [0.5, 0.6) is 5.75 Å². The molecule has 2 aromatic carbocycles. The summed E-state index contributed by atoms with van der Waals surface area (Å²) in [4.78, 5) is 30.5. The average Bonchev–Trinajstić information content (AvgIpc) is 3.46. The highest BCUT2D eigenvalue weighted by atomic mass is 32.1. The molecule has 4 aromatic rings. The molecule has 1 atom stereocenters. The molecule has 5 rings (SSSR count). The van der Waals surface area contributed by atoms with Gasteiger partial charge in [0.1, 0.15) is 11.6 Å². The van der Waals surface area contributed by atoms with Crippen LogP contribution in [0.1, 0.15) is 45.6 Å². The molecule has 5 nitrogen and oxygen atoms in total. The predicted molar refractivity (Wildman–Crippen MR) is 129 cm³/mol. The maximum absolute atomic E-state index is 14.7. The number of benzene rings is 2. The molecule has 0 N–H and O–H groups in total. The Kier molecular flexibility index (Phi) is 6.11. The summed E-state index contributed by atoms with van der Waals surface area (Å²) in [5.41, 5.74) is 3.01. The topological polar surface area (TPSA) is 61.2 Å². The molecule has 1 aliphatic rings. The van der Waals surface area contributed by atoms with Gasteiger partial charge in [-0.15, -0.1) is 11.3 Å². The smallest absolute Gasteiger partial charge is 0.179 e. The average molecular weight is 475 g/mol. The number of nitrogens with zero attached hydrogens (tertiary/aromatic N) is 2. The highest BCUT2D eigenvalue weighted by molar-refractivity contribution is 7.15. The highest BCUT2D eigenvalue weighted by Gasteiger charge is 2.30. The number of aryl methyl sites for hydroxylation is 1. The third-order valence-electron chi connectivity index (χ3n) is 6.01. The van der Waals surface area contributed by atoms with Gasteiger partial charge >= 0.3 is 0 Å². The van der Waals surface area contributed by atoms with E-state index in [4.69, 9.17) is 4.74 Å². The number of carbonyl (C=O) groups excluding carboxylic acids is 2. The van der Waals surface area contributed by atoms with Gasteiger partial charge < -0.3 is 9.30 Å². The molecule has 3 heterocycles. The van der Waals surface area contributed by atoms with Crippen molar-refractivity contribution in [1.82, 2.24) is 9.55 Å². The second kappa shape index (κ2) is 9.35. The van der Waals surface area contributed by atoms with Gasteiger partial charge in [-0.2, -0.15) is 0 Å². The lowest BCUT2D eigenvalue weighted by Gasteiger charge is -2.24. The number of rotatable bonds is 7. The highest BCUT2D eigenvalue weighted by Crippen LogP contribution is 2.34. The van der Waals surface area contributed by atoms with Crippen LogP contribution >= 0.6 is 11.3 Å². The number of ether oxygens (including phenoxy) is 1. The van der Waals surface area contributed by atoms with Crippen LogP contribution < -0.4 is 4.74 Å². The lowest BCUT2D eigenvalue weighted by molar-refractivity contribution is -0.121. The van der Waals surface area contributed by atoms with Crippen molar-refractivity contribution in [2.45, 2.75) is 38.8 Å². The number of Topliss-reactive ketones (excluding diaryl/α,β-unsaturated/α-hetero) is 2. The van der Waals surface area contributed by atoms with Crippen LogP contribution in [0.15, 0.2) is 66.9 Å². The number of ketones is 2. The number of thiazole rings is 1. The van der Waals surface area contributed by atoms with E-state index in [9.17, 15) is 14.0 Å². The Morgan fingerprint density at radius 1 is 1.18 bits per heavy atom. The Bertz CT molecular complexity index is 1360. The van der Waals surface area contributed by atoms with Crippen molar-refractivity contribution in [2.75, 3.05) is 0 Å². The molecule has 34 heavy (non-hydrogen) atoms. The normalized spacial score (nSPS) is 15.2. The van der Waals surface area contributed by atoms with Crippen LogP contribution in [0.3, 0.4) is 0 Å². The molecule has 0 saturated carbocycles. The van der Waals surface area contributed by atoms with E-state index in [1.165, 1.54) is 17.4 Å². The summed E-state index contributed by atoms with van der Waals surface area (Å²) in [6.07, 6.45) is 2.85. The van der Waals surface area contributed by atoms with E-state index < -0.39 is 5.82 Å². The van der Waals surface area contributed by atoms with Gasteiger partial charge in [0.15, 0.2) is 23.1 Å². The zero-order chi connectivity index (χ0) is 23.7. The molecule has 1 unspecified atom stereocenters. The van der Waals surface area contributed by atoms with Gasteiger partial charge in [-0.1, -0.05) is 30.3 Å². The SMILES string of the molecule is Cc1nc(CC(=O)C2CCC(=O)c3cccn32)sc1-c1ccc(OCc2ccccc2)c(F)c1. The Labute approximate surface area is 200 Å². The van der Waals surface area contributed by atoms with Gasteiger partial charge in [-0.3, -0.25) is 9.59 Å². The summed E-state index contributed by atoms with van der Waals surface area (Å²) in [7, 11) is 0. The van der Waals surface area contributed by atoms with E-state index >= 15 is 0 Å². The van der Waals surface area contributed by atoms with Gasteiger partial charge in [-0.25, -0.2) is 9.37 Å². The number of halogens is 1. The Hall–Kier alpha value is -3.58. The molecule has 172 valence electrons. The van der Waals surface area contributed by atoms with E-state index in [1.807, 2.05) is 43.3 Å². The third-order valence-corrected chi connectivity index (χ3v) is 7.22. The molecule has 7 heteroatoms. The van der Waals surface area contributed by atoms with Crippen molar-refractivity contribution >= 4 is 22.9 Å². The van der Waals surface area contributed by atoms with E-state index in [-0.39, 0.29) is 29.8 Å². The van der Waals surface area contributed by atoms with Gasteiger partial charge in [-0.05, 0) is 54.8 Å². The first kappa shape index (κ1) is 22.2. The van der Waals surface area contributed by atoms with E-state index in [1.54, 1.807) is 29.0 Å². The fourth-order valence-electron chi connectivity index (χ4n) is 4.31.